The SMILES string of the molecule is CC(C1CC1)n1nccc1NC(=O)NCCCn1nnc2ccccc21. The maximum absolute atomic E-state index is 12.1. The van der Waals surface area contributed by atoms with E-state index < -0.39 is 0 Å². The van der Waals surface area contributed by atoms with Crippen LogP contribution in [0.4, 0.5) is 10.6 Å². The van der Waals surface area contributed by atoms with E-state index in [1.807, 2.05) is 39.7 Å². The van der Waals surface area contributed by atoms with Gasteiger partial charge < -0.3 is 5.32 Å². The number of urea groups is 1. The number of aromatic nitrogens is 5. The summed E-state index contributed by atoms with van der Waals surface area (Å²) >= 11 is 0. The van der Waals surface area contributed by atoms with Crippen molar-refractivity contribution < 1.29 is 4.79 Å². The molecule has 8 nitrogen and oxygen atoms in total. The Kier molecular flexibility index (Phi) is 4.55. The highest BCUT2D eigenvalue weighted by atomic mass is 16.2. The monoisotopic (exact) mass is 353 g/mol. The smallest absolute Gasteiger partial charge is 0.320 e. The number of benzene rings is 1. The van der Waals surface area contributed by atoms with E-state index >= 15 is 0 Å². The molecule has 0 saturated heterocycles. The summed E-state index contributed by atoms with van der Waals surface area (Å²) < 4.78 is 3.76. The molecule has 2 aromatic heterocycles. The molecule has 0 radical (unpaired) electrons. The molecule has 1 saturated carbocycles. The largest absolute Gasteiger partial charge is 0.338 e. The van der Waals surface area contributed by atoms with Gasteiger partial charge in [-0.2, -0.15) is 5.10 Å². The van der Waals surface area contributed by atoms with Crippen molar-refractivity contribution in [2.24, 2.45) is 5.92 Å². The highest BCUT2D eigenvalue weighted by molar-refractivity contribution is 5.88. The van der Waals surface area contributed by atoms with Crippen molar-refractivity contribution in [3.63, 3.8) is 0 Å². The van der Waals surface area contributed by atoms with Crippen LogP contribution in [0.2, 0.25) is 0 Å². The number of carbonyl (C=O) groups excluding carboxylic acids is 1. The van der Waals surface area contributed by atoms with Crippen molar-refractivity contribution in [3.05, 3.63) is 36.5 Å². The molecular formula is C18H23N7O. The minimum atomic E-state index is -0.210. The zero-order valence-electron chi connectivity index (χ0n) is 14.8. The van der Waals surface area contributed by atoms with Crippen molar-refractivity contribution >= 4 is 22.9 Å². The molecule has 1 aliphatic carbocycles. The quantitative estimate of drug-likeness (QED) is 0.639. The fraction of sp³-hybridized carbons (Fsp3) is 0.444. The van der Waals surface area contributed by atoms with Crippen molar-refractivity contribution in [2.45, 2.75) is 38.8 Å². The molecule has 3 aromatic rings. The van der Waals surface area contributed by atoms with E-state index in [9.17, 15) is 4.79 Å². The average molecular weight is 353 g/mol. The Hall–Kier alpha value is -2.90. The van der Waals surface area contributed by atoms with Gasteiger partial charge in [0.2, 0.25) is 0 Å². The molecule has 1 aliphatic rings. The van der Waals surface area contributed by atoms with Gasteiger partial charge in [0.15, 0.2) is 0 Å². The molecule has 26 heavy (non-hydrogen) atoms. The fourth-order valence-corrected chi connectivity index (χ4v) is 3.19. The lowest BCUT2D eigenvalue weighted by Gasteiger charge is -2.15. The van der Waals surface area contributed by atoms with Crippen LogP contribution in [0.5, 0.6) is 0 Å². The molecule has 1 unspecified atom stereocenters. The fourth-order valence-electron chi connectivity index (χ4n) is 3.19. The van der Waals surface area contributed by atoms with Gasteiger partial charge in [-0.25, -0.2) is 14.2 Å². The maximum atomic E-state index is 12.1. The van der Waals surface area contributed by atoms with Gasteiger partial charge in [0.1, 0.15) is 11.3 Å². The first kappa shape index (κ1) is 16.6. The third kappa shape index (κ3) is 3.54. The standard InChI is InChI=1S/C18H23N7O/c1-13(14-7-8-14)25-17(9-11-20-25)21-18(26)19-10-4-12-24-16-6-3-2-5-15(16)22-23-24/h2-3,5-6,9,11,13-14H,4,7-8,10,12H2,1H3,(H2,19,21,26). The minimum absolute atomic E-state index is 0.210. The third-order valence-corrected chi connectivity index (χ3v) is 4.85. The van der Waals surface area contributed by atoms with Gasteiger partial charge in [-0.05, 0) is 44.2 Å². The number of nitrogens with one attached hydrogen (secondary N) is 2. The molecule has 2 N–H and O–H groups in total. The number of amides is 2. The highest BCUT2D eigenvalue weighted by Gasteiger charge is 2.30. The third-order valence-electron chi connectivity index (χ3n) is 4.85. The molecule has 0 aliphatic heterocycles. The first-order chi connectivity index (χ1) is 12.7. The lowest BCUT2D eigenvalue weighted by molar-refractivity contribution is 0.251. The Labute approximate surface area is 151 Å². The molecule has 2 amide bonds. The van der Waals surface area contributed by atoms with Gasteiger partial charge >= 0.3 is 6.03 Å². The Balaban J connectivity index is 1.25. The topological polar surface area (TPSA) is 89.7 Å². The molecule has 8 heteroatoms. The summed E-state index contributed by atoms with van der Waals surface area (Å²) in [6.45, 7) is 3.42. The molecule has 4 rings (SSSR count). The summed E-state index contributed by atoms with van der Waals surface area (Å²) in [5, 5.41) is 18.4. The van der Waals surface area contributed by atoms with E-state index in [0.29, 0.717) is 25.0 Å². The predicted octanol–water partition coefficient (Wildman–Crippen LogP) is 2.81. The molecule has 1 atom stereocenters. The number of nitrogens with zero attached hydrogens (tertiary/aromatic N) is 5. The Morgan fingerprint density at radius 2 is 2.15 bits per heavy atom. The van der Waals surface area contributed by atoms with Crippen LogP contribution in [0.15, 0.2) is 36.5 Å². The maximum Gasteiger partial charge on any atom is 0.320 e. The van der Waals surface area contributed by atoms with E-state index in [2.05, 4.69) is 33.0 Å². The average Bonchev–Trinajstić information content (AvgIpc) is 3.27. The lowest BCUT2D eigenvalue weighted by atomic mass is 10.2. The number of hydrogen-bond donors (Lipinski definition) is 2. The summed E-state index contributed by atoms with van der Waals surface area (Å²) in [4.78, 5) is 12.1. The highest BCUT2D eigenvalue weighted by Crippen LogP contribution is 2.40. The Bertz CT molecular complexity index is 896. The van der Waals surface area contributed by atoms with Gasteiger partial charge in [0.25, 0.3) is 0 Å². The predicted molar refractivity (Wildman–Crippen MR) is 98.8 cm³/mol. The second-order valence-electron chi connectivity index (χ2n) is 6.77. The van der Waals surface area contributed by atoms with Crippen LogP contribution < -0.4 is 10.6 Å². The van der Waals surface area contributed by atoms with E-state index in [1.165, 1.54) is 12.8 Å². The van der Waals surface area contributed by atoms with Gasteiger partial charge in [-0.1, -0.05) is 17.3 Å². The zero-order valence-corrected chi connectivity index (χ0v) is 14.8. The van der Waals surface area contributed by atoms with E-state index in [1.54, 1.807) is 6.20 Å². The van der Waals surface area contributed by atoms with Crippen LogP contribution in [-0.2, 0) is 6.54 Å². The van der Waals surface area contributed by atoms with Crippen molar-refractivity contribution in [2.75, 3.05) is 11.9 Å². The lowest BCUT2D eigenvalue weighted by Crippen LogP contribution is -2.31. The normalized spacial score (nSPS) is 15.1. The van der Waals surface area contributed by atoms with Crippen LogP contribution in [0.25, 0.3) is 11.0 Å². The number of rotatable bonds is 7. The Morgan fingerprint density at radius 1 is 1.31 bits per heavy atom. The summed E-state index contributed by atoms with van der Waals surface area (Å²) in [5.74, 6) is 1.42. The van der Waals surface area contributed by atoms with E-state index in [4.69, 9.17) is 0 Å². The van der Waals surface area contributed by atoms with Crippen molar-refractivity contribution in [1.82, 2.24) is 30.1 Å². The summed E-state index contributed by atoms with van der Waals surface area (Å²) in [7, 11) is 0. The van der Waals surface area contributed by atoms with Gasteiger partial charge in [0, 0.05) is 19.2 Å². The van der Waals surface area contributed by atoms with Crippen molar-refractivity contribution in [3.8, 4) is 0 Å². The number of anilines is 1. The second kappa shape index (κ2) is 7.15. The van der Waals surface area contributed by atoms with Crippen LogP contribution in [0.1, 0.15) is 32.2 Å². The van der Waals surface area contributed by atoms with Crippen LogP contribution in [0.3, 0.4) is 0 Å². The second-order valence-corrected chi connectivity index (χ2v) is 6.77. The molecule has 0 bridgehead atoms. The first-order valence-corrected chi connectivity index (χ1v) is 9.09. The molecular weight excluding hydrogens is 330 g/mol. The van der Waals surface area contributed by atoms with Gasteiger partial charge in [-0.15, -0.1) is 5.10 Å². The Morgan fingerprint density at radius 3 is 3.00 bits per heavy atom. The van der Waals surface area contributed by atoms with Gasteiger partial charge in [-0.3, -0.25) is 5.32 Å². The van der Waals surface area contributed by atoms with Crippen LogP contribution >= 0.6 is 0 Å². The summed E-state index contributed by atoms with van der Waals surface area (Å²) in [6, 6.07) is 9.80. The molecule has 0 spiro atoms. The summed E-state index contributed by atoms with van der Waals surface area (Å²) in [5.41, 5.74) is 1.89. The summed E-state index contributed by atoms with van der Waals surface area (Å²) in [6.07, 6.45) is 4.98. The van der Waals surface area contributed by atoms with Gasteiger partial charge in [0.05, 0.1) is 17.8 Å². The number of carbonyl (C=O) groups is 1. The van der Waals surface area contributed by atoms with Crippen LogP contribution in [-0.4, -0.2) is 37.4 Å². The van der Waals surface area contributed by atoms with E-state index in [0.717, 1.165) is 23.3 Å². The number of hydrogen-bond acceptors (Lipinski definition) is 4. The number of aryl methyl sites for hydroxylation is 1. The molecule has 1 aromatic carbocycles. The molecule has 2 heterocycles. The van der Waals surface area contributed by atoms with Crippen molar-refractivity contribution in [1.29, 1.82) is 0 Å². The number of fused-ring (bicyclic) bond motifs is 1. The first-order valence-electron chi connectivity index (χ1n) is 9.09. The minimum Gasteiger partial charge on any atom is -0.338 e. The molecule has 136 valence electrons. The van der Waals surface area contributed by atoms with E-state index in [-0.39, 0.29) is 6.03 Å². The zero-order chi connectivity index (χ0) is 17.9. The molecule has 1 fully saturated rings. The number of para-hydroxylation sites is 1. The van der Waals surface area contributed by atoms with Crippen LogP contribution in [0, 0.1) is 5.92 Å².